The Morgan fingerprint density at radius 3 is 1.96 bits per heavy atom. The van der Waals surface area contributed by atoms with E-state index in [1.807, 2.05) is 19.9 Å². The Labute approximate surface area is 267 Å². The molecule has 2 aliphatic heterocycles. The second kappa shape index (κ2) is 15.9. The molecule has 4 rings (SSSR count). The minimum Gasteiger partial charge on any atom is -0.508 e. The Morgan fingerprint density at radius 2 is 1.30 bits per heavy atom. The summed E-state index contributed by atoms with van der Waals surface area (Å²) in [6, 6.07) is 11.2. The summed E-state index contributed by atoms with van der Waals surface area (Å²) in [6.07, 6.45) is 1.35. The first-order chi connectivity index (χ1) is 22.0. The lowest BCUT2D eigenvalue weighted by atomic mass is 10.0. The maximum Gasteiger partial charge on any atom is 0.246 e. The van der Waals surface area contributed by atoms with Gasteiger partial charge in [0, 0.05) is 19.4 Å². The quantitative estimate of drug-likeness (QED) is 0.256. The molecule has 0 saturated carbocycles. The number of benzene rings is 2. The fraction of sp³-hybridized carbons (Fsp3) is 0.455. The van der Waals surface area contributed by atoms with Crippen LogP contribution < -0.4 is 26.6 Å². The molecule has 2 fully saturated rings. The summed E-state index contributed by atoms with van der Waals surface area (Å²) in [5.74, 6) is -3.34. The van der Waals surface area contributed by atoms with E-state index in [1.54, 1.807) is 36.4 Å². The fourth-order valence-corrected chi connectivity index (χ4v) is 5.67. The van der Waals surface area contributed by atoms with Crippen LogP contribution in [0.2, 0.25) is 0 Å². The number of rotatable bonds is 6. The van der Waals surface area contributed by atoms with E-state index in [1.165, 1.54) is 17.0 Å². The van der Waals surface area contributed by atoms with Gasteiger partial charge in [0.1, 0.15) is 29.9 Å². The van der Waals surface area contributed by atoms with Crippen LogP contribution in [0.25, 0.3) is 0 Å². The van der Waals surface area contributed by atoms with Crippen LogP contribution in [0.3, 0.4) is 0 Å². The molecule has 13 nitrogen and oxygen atoms in total. The second-order valence-corrected chi connectivity index (χ2v) is 12.1. The average molecular weight is 635 g/mol. The fourth-order valence-electron chi connectivity index (χ4n) is 5.67. The van der Waals surface area contributed by atoms with Gasteiger partial charge < -0.3 is 36.6 Å². The number of hydrogen-bond donors (Lipinski definition) is 6. The minimum atomic E-state index is -1.11. The highest BCUT2D eigenvalue weighted by Crippen LogP contribution is 2.21. The highest BCUT2D eigenvalue weighted by atomic mass is 16.3. The van der Waals surface area contributed by atoms with E-state index < -0.39 is 72.7 Å². The first-order valence-corrected chi connectivity index (χ1v) is 15.6. The van der Waals surface area contributed by atoms with E-state index in [9.17, 15) is 33.9 Å². The summed E-state index contributed by atoms with van der Waals surface area (Å²) in [7, 11) is 0. The molecule has 2 aromatic rings. The Morgan fingerprint density at radius 1 is 0.717 bits per heavy atom. The van der Waals surface area contributed by atoms with Gasteiger partial charge in [-0.2, -0.15) is 0 Å². The van der Waals surface area contributed by atoms with Crippen molar-refractivity contribution in [2.24, 2.45) is 5.92 Å². The van der Waals surface area contributed by atoms with Crippen molar-refractivity contribution >= 4 is 35.4 Å². The summed E-state index contributed by atoms with van der Waals surface area (Å²) in [6.45, 7) is 3.17. The highest BCUT2D eigenvalue weighted by molar-refractivity contribution is 5.97. The van der Waals surface area contributed by atoms with Crippen molar-refractivity contribution < 1.29 is 33.9 Å². The van der Waals surface area contributed by atoms with Gasteiger partial charge in [0.05, 0.1) is 13.1 Å². The number of carbonyl (C=O) groups excluding carboxylic acids is 6. The third-order valence-corrected chi connectivity index (χ3v) is 7.97. The van der Waals surface area contributed by atoms with Crippen molar-refractivity contribution in [3.8, 4) is 5.75 Å². The van der Waals surface area contributed by atoms with Crippen LogP contribution in [0.4, 0.5) is 0 Å². The van der Waals surface area contributed by atoms with Crippen LogP contribution >= 0.6 is 0 Å². The molecule has 246 valence electrons. The molecule has 4 atom stereocenters. The molecular weight excluding hydrogens is 592 g/mol. The molecule has 0 bridgehead atoms. The van der Waals surface area contributed by atoms with Crippen LogP contribution in [0.15, 0.2) is 54.6 Å². The number of nitrogens with one attached hydrogen (secondary N) is 5. The van der Waals surface area contributed by atoms with E-state index in [0.29, 0.717) is 24.8 Å². The van der Waals surface area contributed by atoms with Gasteiger partial charge in [-0.15, -0.1) is 0 Å². The SMILES string of the molecule is CC(C)CC1NC(=O)CNC(=O)C2CCCN2C(=O)C(Cc2ccc(O)cc2)NC(=O)C(Cc2ccccc2)NC(=O)CNC1=O. The summed E-state index contributed by atoms with van der Waals surface area (Å²) in [5.41, 5.74) is 1.41. The molecule has 0 aromatic heterocycles. The molecular formula is C33H42N6O7. The minimum absolute atomic E-state index is 0.0313. The topological polar surface area (TPSA) is 186 Å². The smallest absolute Gasteiger partial charge is 0.246 e. The first kappa shape index (κ1) is 33.9. The first-order valence-electron chi connectivity index (χ1n) is 15.6. The zero-order chi connectivity index (χ0) is 33.2. The van der Waals surface area contributed by atoms with Crippen molar-refractivity contribution in [2.75, 3.05) is 19.6 Å². The van der Waals surface area contributed by atoms with Crippen LogP contribution in [-0.4, -0.2) is 89.3 Å². The molecule has 13 heteroatoms. The largest absolute Gasteiger partial charge is 0.508 e. The van der Waals surface area contributed by atoms with Crippen LogP contribution in [-0.2, 0) is 41.6 Å². The lowest BCUT2D eigenvalue weighted by Crippen LogP contribution is -2.59. The standard InChI is InChI=1S/C33H42N6O7/c1-20(2)15-24-30(43)34-18-28(41)37-25(16-21-7-4-3-5-8-21)31(44)38-26(17-22-10-12-23(40)13-11-22)33(46)39-14-6-9-27(39)32(45)35-19-29(42)36-24/h3-5,7-8,10-13,20,24-27,40H,6,9,14-19H2,1-2H3,(H,34,43)(H,35,45)(H,36,42)(H,37,41)(H,38,44). The lowest BCUT2D eigenvalue weighted by molar-refractivity contribution is -0.142. The van der Waals surface area contributed by atoms with Crippen LogP contribution in [0, 0.1) is 5.92 Å². The van der Waals surface area contributed by atoms with Gasteiger partial charge in [0.25, 0.3) is 0 Å². The summed E-state index contributed by atoms with van der Waals surface area (Å²) < 4.78 is 0. The predicted octanol–water partition coefficient (Wildman–Crippen LogP) is -0.0851. The number of carbonyl (C=O) groups is 6. The van der Waals surface area contributed by atoms with Gasteiger partial charge >= 0.3 is 0 Å². The van der Waals surface area contributed by atoms with Crippen LogP contribution in [0.5, 0.6) is 5.75 Å². The van der Waals surface area contributed by atoms with Crippen LogP contribution in [0.1, 0.15) is 44.2 Å². The van der Waals surface area contributed by atoms with E-state index in [2.05, 4.69) is 26.6 Å². The number of phenols is 1. The molecule has 2 aromatic carbocycles. The molecule has 4 unspecified atom stereocenters. The lowest BCUT2D eigenvalue weighted by Gasteiger charge is -2.30. The van der Waals surface area contributed by atoms with Crippen molar-refractivity contribution in [1.82, 2.24) is 31.5 Å². The Balaban J connectivity index is 1.66. The van der Waals surface area contributed by atoms with Gasteiger partial charge in [0.2, 0.25) is 35.4 Å². The van der Waals surface area contributed by atoms with Gasteiger partial charge in [0.15, 0.2) is 0 Å². The Kier molecular flexibility index (Phi) is 11.7. The third-order valence-electron chi connectivity index (χ3n) is 7.97. The second-order valence-electron chi connectivity index (χ2n) is 12.1. The summed E-state index contributed by atoms with van der Waals surface area (Å²) >= 11 is 0. The Hall–Kier alpha value is -4.94. The van der Waals surface area contributed by atoms with Gasteiger partial charge in [-0.3, -0.25) is 28.8 Å². The maximum absolute atomic E-state index is 14.0. The van der Waals surface area contributed by atoms with Crippen molar-refractivity contribution in [2.45, 2.75) is 70.1 Å². The zero-order valence-electron chi connectivity index (χ0n) is 26.1. The maximum atomic E-state index is 14.0. The number of aromatic hydroxyl groups is 1. The summed E-state index contributed by atoms with van der Waals surface area (Å²) in [5, 5.41) is 23.0. The predicted molar refractivity (Wildman–Crippen MR) is 168 cm³/mol. The van der Waals surface area contributed by atoms with E-state index in [4.69, 9.17) is 0 Å². The average Bonchev–Trinajstić information content (AvgIpc) is 3.52. The molecule has 0 radical (unpaired) electrons. The number of amides is 6. The van der Waals surface area contributed by atoms with Gasteiger partial charge in [-0.25, -0.2) is 0 Å². The molecule has 0 aliphatic carbocycles. The molecule has 2 saturated heterocycles. The van der Waals surface area contributed by atoms with Gasteiger partial charge in [-0.1, -0.05) is 56.3 Å². The molecule has 6 N–H and O–H groups in total. The number of hydrogen-bond acceptors (Lipinski definition) is 7. The van der Waals surface area contributed by atoms with Gasteiger partial charge in [-0.05, 0) is 48.4 Å². The molecule has 46 heavy (non-hydrogen) atoms. The highest BCUT2D eigenvalue weighted by Gasteiger charge is 2.39. The monoisotopic (exact) mass is 634 g/mol. The normalized spacial score (nSPS) is 23.8. The molecule has 2 aliphatic rings. The van der Waals surface area contributed by atoms with Crippen molar-refractivity contribution in [3.05, 3.63) is 65.7 Å². The number of nitrogens with zero attached hydrogens (tertiary/aromatic N) is 1. The third kappa shape index (κ3) is 9.53. The van der Waals surface area contributed by atoms with Crippen molar-refractivity contribution in [1.29, 1.82) is 0 Å². The zero-order valence-corrected chi connectivity index (χ0v) is 26.1. The molecule has 6 amide bonds. The van der Waals surface area contributed by atoms with E-state index in [0.717, 1.165) is 5.56 Å². The molecule has 2 heterocycles. The van der Waals surface area contributed by atoms with E-state index >= 15 is 0 Å². The number of phenolic OH excluding ortho intramolecular Hbond substituents is 1. The summed E-state index contributed by atoms with van der Waals surface area (Å²) in [4.78, 5) is 81.4. The van der Waals surface area contributed by atoms with E-state index in [-0.39, 0.29) is 31.1 Å². The Bertz CT molecular complexity index is 1420. The number of fused-ring (bicyclic) bond motifs is 1. The van der Waals surface area contributed by atoms with Crippen molar-refractivity contribution in [3.63, 3.8) is 0 Å². The molecule has 0 spiro atoms.